The Kier molecular flexibility index (Phi) is 14.6. The summed E-state index contributed by atoms with van der Waals surface area (Å²) in [6.45, 7) is 3.14. The molecule has 11 heterocycles. The van der Waals surface area contributed by atoms with E-state index in [1.54, 1.807) is 27.2 Å². The predicted molar refractivity (Wildman–Crippen MR) is 250 cm³/mol. The maximum Gasteiger partial charge on any atom is 0.352 e. The summed E-state index contributed by atoms with van der Waals surface area (Å²) in [5, 5.41) is 39.1. The van der Waals surface area contributed by atoms with E-state index in [1.165, 1.54) is 98.9 Å². The molecule has 0 bridgehead atoms. The van der Waals surface area contributed by atoms with E-state index in [-0.39, 0.29) is 68.4 Å². The number of nitrogens with zero attached hydrogens (tertiary/aromatic N) is 27. The molecule has 76 heavy (non-hydrogen) atoms. The van der Waals surface area contributed by atoms with Crippen molar-refractivity contribution >= 4 is 51.7 Å². The van der Waals surface area contributed by atoms with E-state index in [1.807, 2.05) is 0 Å². The van der Waals surface area contributed by atoms with Crippen LogP contribution in [0.15, 0.2) is 66.2 Å². The van der Waals surface area contributed by atoms with Gasteiger partial charge in [-0.1, -0.05) is 26.1 Å². The fourth-order valence-electron chi connectivity index (χ4n) is 6.08. The van der Waals surface area contributed by atoms with Crippen molar-refractivity contribution in [3.8, 4) is 11.6 Å². The van der Waals surface area contributed by atoms with Crippen LogP contribution in [-0.2, 0) is 35.2 Å². The molecule has 0 radical (unpaired) electrons. The summed E-state index contributed by atoms with van der Waals surface area (Å²) >= 11 is 0. The standard InChI is InChI=1S/C9H8N6O2.C8H10N6O2.C7H8N6O2.C7H7N5O2.C6H6N6O2/c1-5-3-10-8(17-5)6-7-12-13-14(2)9(16)15(7)4-11-6;1-12(2)7(15)5-6-10-11-13(3)8(16)14(6)4-9-5;1-8-6(14)4-5-10-11-12(2)7(15)13(5)3-9-4;1-4(13)5-6-9-10-11(2)7(14)12(6)3-8-5;1-11-6(14)12-2-8-3(4(7)13)5(12)9-10-11/h3-4H,1-2H3;4H,1-3H3;3H,1-2H3,(H,8,14);3H,1-2H3;2H,1H3,(H2,7,13). The minimum absolute atomic E-state index is 0.0600. The highest BCUT2D eigenvalue weighted by atomic mass is 16.4. The van der Waals surface area contributed by atoms with Crippen molar-refractivity contribution in [2.75, 3.05) is 21.1 Å². The first-order valence-electron chi connectivity index (χ1n) is 21.1. The van der Waals surface area contributed by atoms with Gasteiger partial charge in [-0.25, -0.2) is 75.9 Å². The second-order valence-electron chi connectivity index (χ2n) is 15.4. The van der Waals surface area contributed by atoms with E-state index in [2.05, 4.69) is 86.8 Å². The Morgan fingerprint density at radius 2 is 0.855 bits per heavy atom. The number of imidazole rings is 5. The van der Waals surface area contributed by atoms with Crippen molar-refractivity contribution in [2.24, 2.45) is 41.0 Å². The molecule has 3 N–H and O–H groups in total. The first-order chi connectivity index (χ1) is 36.0. The third-order valence-corrected chi connectivity index (χ3v) is 9.94. The minimum atomic E-state index is -0.741. The lowest BCUT2D eigenvalue weighted by Gasteiger charge is -2.07. The number of fused-ring (bicyclic) bond motifs is 5. The number of hydrogen-bond acceptors (Lipinski definition) is 26. The number of rotatable bonds is 5. The molecule has 0 aliphatic rings. The second-order valence-corrected chi connectivity index (χ2v) is 15.4. The molecule has 0 saturated carbocycles. The molecule has 0 unspecified atom stereocenters. The summed E-state index contributed by atoms with van der Waals surface area (Å²) < 4.78 is 16.6. The molecular weight excluding hydrogens is 1010 g/mol. The Morgan fingerprint density at radius 1 is 0.513 bits per heavy atom. The van der Waals surface area contributed by atoms with Crippen LogP contribution >= 0.6 is 0 Å². The fourth-order valence-corrected chi connectivity index (χ4v) is 6.08. The molecular formula is C37H39N29O10. The zero-order valence-electron chi connectivity index (χ0n) is 41.2. The number of Topliss-reactive ketones (excluding diaryl/α,β-unsaturated/α-hetero) is 1. The van der Waals surface area contributed by atoms with Crippen molar-refractivity contribution in [2.45, 2.75) is 13.8 Å². The Hall–Kier alpha value is -11.3. The number of amides is 3. The number of primary amides is 1. The lowest BCUT2D eigenvalue weighted by Crippen LogP contribution is -2.28. The monoisotopic (exact) mass is 1050 g/mol. The van der Waals surface area contributed by atoms with Gasteiger partial charge in [0.1, 0.15) is 37.4 Å². The Bertz CT molecular complexity index is 4260. The van der Waals surface area contributed by atoms with Crippen molar-refractivity contribution in [1.29, 1.82) is 0 Å². The van der Waals surface area contributed by atoms with Gasteiger partial charge in [0, 0.05) is 63.3 Å². The smallest absolute Gasteiger partial charge is 0.352 e. The van der Waals surface area contributed by atoms with Crippen molar-refractivity contribution in [3.63, 3.8) is 0 Å². The predicted octanol–water partition coefficient (Wildman–Crippen LogP) is -6.56. The van der Waals surface area contributed by atoms with E-state index < -0.39 is 28.9 Å². The zero-order valence-corrected chi connectivity index (χ0v) is 41.2. The molecule has 39 heteroatoms. The van der Waals surface area contributed by atoms with Gasteiger partial charge in [-0.3, -0.25) is 19.2 Å². The maximum atomic E-state index is 11.7. The summed E-state index contributed by atoms with van der Waals surface area (Å²) in [5.74, 6) is -0.708. The van der Waals surface area contributed by atoms with Gasteiger partial charge >= 0.3 is 28.4 Å². The lowest BCUT2D eigenvalue weighted by molar-refractivity contribution is 0.0823. The third kappa shape index (κ3) is 10.1. The molecule has 0 atom stereocenters. The average Bonchev–Trinajstić information content (AvgIpc) is 4.27. The molecule has 0 saturated heterocycles. The summed E-state index contributed by atoms with van der Waals surface area (Å²) in [7, 11) is 12.0. The van der Waals surface area contributed by atoms with Crippen LogP contribution in [0.1, 0.15) is 54.6 Å². The van der Waals surface area contributed by atoms with Crippen LogP contribution in [0.2, 0.25) is 0 Å². The first kappa shape index (κ1) is 52.5. The summed E-state index contributed by atoms with van der Waals surface area (Å²) in [6, 6.07) is 0. The third-order valence-electron chi connectivity index (χ3n) is 9.94. The van der Waals surface area contributed by atoms with E-state index >= 15 is 0 Å². The quantitative estimate of drug-likeness (QED) is 0.151. The molecule has 392 valence electrons. The molecule has 39 nitrogen and oxygen atoms in total. The fraction of sp³-hybridized carbons (Fsp3) is 0.270. The number of carbonyl (C=O) groups is 4. The average molecular weight is 1050 g/mol. The largest absolute Gasteiger partial charge is 0.440 e. The van der Waals surface area contributed by atoms with Crippen LogP contribution in [-0.4, -0.2) is 176 Å². The van der Waals surface area contributed by atoms with Crippen LogP contribution < -0.4 is 39.5 Å². The summed E-state index contributed by atoms with van der Waals surface area (Å²) in [5.41, 5.74) is 4.72. The zero-order chi connectivity index (χ0) is 55.4. The van der Waals surface area contributed by atoms with E-state index in [0.29, 0.717) is 23.0 Å². The number of nitrogens with one attached hydrogen (secondary N) is 1. The molecule has 0 spiro atoms. The van der Waals surface area contributed by atoms with Crippen molar-refractivity contribution in [3.05, 3.63) is 119 Å². The topological polar surface area (TPSA) is 461 Å². The van der Waals surface area contributed by atoms with Gasteiger partial charge in [-0.15, -0.1) is 25.5 Å². The van der Waals surface area contributed by atoms with Crippen LogP contribution in [0.4, 0.5) is 0 Å². The molecule has 0 aliphatic carbocycles. The van der Waals surface area contributed by atoms with E-state index in [0.717, 1.165) is 32.2 Å². The molecule has 0 aromatic carbocycles. The minimum Gasteiger partial charge on any atom is -0.440 e. The van der Waals surface area contributed by atoms with Gasteiger partial charge in [-0.05, 0) is 6.92 Å². The second kappa shape index (κ2) is 21.2. The number of ketones is 1. The van der Waals surface area contributed by atoms with Gasteiger partial charge in [0.15, 0.2) is 62.5 Å². The Morgan fingerprint density at radius 3 is 1.24 bits per heavy atom. The number of hydrogen-bond donors (Lipinski definition) is 2. The van der Waals surface area contributed by atoms with Gasteiger partial charge in [0.25, 0.3) is 17.7 Å². The maximum absolute atomic E-state index is 11.7. The van der Waals surface area contributed by atoms with Crippen LogP contribution in [0.3, 0.4) is 0 Å². The highest BCUT2D eigenvalue weighted by Crippen LogP contribution is 2.19. The Balaban J connectivity index is 0.000000139. The molecule has 11 rings (SSSR count). The van der Waals surface area contributed by atoms with E-state index in [4.69, 9.17) is 10.2 Å². The number of aryl methyl sites for hydroxylation is 6. The lowest BCUT2D eigenvalue weighted by atomic mass is 10.3. The number of oxazole rings is 1. The molecule has 0 fully saturated rings. The summed E-state index contributed by atoms with van der Waals surface area (Å²) in [4.78, 5) is 127. The highest BCUT2D eigenvalue weighted by Gasteiger charge is 2.20. The van der Waals surface area contributed by atoms with Gasteiger partial charge < -0.3 is 20.4 Å². The highest BCUT2D eigenvalue weighted by molar-refractivity contribution is 5.99. The van der Waals surface area contributed by atoms with Gasteiger partial charge in [0.05, 0.1) is 6.20 Å². The van der Waals surface area contributed by atoms with E-state index in [9.17, 15) is 43.2 Å². The SMILES string of the molecule is CC(=O)c1ncn2c(=O)n(C)nnc12.CN(C)C(=O)c1ncn2c(=O)n(C)nnc12.CNC(=O)c1ncn2c(=O)n(C)nnc12.Cc1cnc(-c2ncn3c(=O)n(C)nnc23)o1.Cn1nnc2c(C(N)=O)ncn2c1=O. The molecule has 11 aromatic heterocycles. The number of aromatic nitrogens is 26. The van der Waals surface area contributed by atoms with Crippen LogP contribution in [0.25, 0.3) is 39.8 Å². The molecule has 3 amide bonds. The first-order valence-corrected chi connectivity index (χ1v) is 21.1. The van der Waals surface area contributed by atoms with Crippen molar-refractivity contribution in [1.82, 2.24) is 137 Å². The van der Waals surface area contributed by atoms with Crippen LogP contribution in [0, 0.1) is 6.92 Å². The molecule has 0 aliphatic heterocycles. The normalized spacial score (nSPS) is 10.8. The number of carbonyl (C=O) groups excluding carboxylic acids is 4. The molecule has 11 aromatic rings. The van der Waals surface area contributed by atoms with Gasteiger partial charge in [0.2, 0.25) is 5.89 Å². The van der Waals surface area contributed by atoms with Gasteiger partial charge in [-0.2, -0.15) is 23.4 Å². The van der Waals surface area contributed by atoms with Crippen LogP contribution in [0.5, 0.6) is 0 Å². The summed E-state index contributed by atoms with van der Waals surface area (Å²) in [6.07, 6.45) is 7.92. The van der Waals surface area contributed by atoms with Crippen molar-refractivity contribution < 1.29 is 23.6 Å². The Labute approximate surface area is 418 Å². The number of nitrogens with two attached hydrogens (primary N) is 1.